The van der Waals surface area contributed by atoms with Crippen LogP contribution >= 0.6 is 11.6 Å². The molecule has 0 aliphatic heterocycles. The van der Waals surface area contributed by atoms with Crippen molar-refractivity contribution >= 4 is 28.5 Å². The third-order valence-electron chi connectivity index (χ3n) is 3.16. The van der Waals surface area contributed by atoms with Gasteiger partial charge in [0.25, 0.3) is 0 Å². The van der Waals surface area contributed by atoms with E-state index >= 15 is 0 Å². The first-order chi connectivity index (χ1) is 9.08. The van der Waals surface area contributed by atoms with Crippen molar-refractivity contribution in [3.8, 4) is 0 Å². The molecule has 1 aromatic heterocycles. The highest BCUT2D eigenvalue weighted by Crippen LogP contribution is 2.23. The molecule has 1 atom stereocenters. The fourth-order valence-corrected chi connectivity index (χ4v) is 2.41. The molecule has 1 heterocycles. The summed E-state index contributed by atoms with van der Waals surface area (Å²) in [6.07, 6.45) is 0. The molecule has 19 heavy (non-hydrogen) atoms. The van der Waals surface area contributed by atoms with Gasteiger partial charge in [-0.05, 0) is 38.5 Å². The van der Waals surface area contributed by atoms with Gasteiger partial charge < -0.3 is 9.88 Å². The Morgan fingerprint density at radius 2 is 2.26 bits per heavy atom. The molecule has 1 aromatic carbocycles. The Hall–Kier alpha value is -1.55. The van der Waals surface area contributed by atoms with Crippen LogP contribution in [0.15, 0.2) is 18.2 Å². The lowest BCUT2D eigenvalue weighted by Gasteiger charge is -2.16. The first-order valence-corrected chi connectivity index (χ1v) is 6.93. The Labute approximate surface area is 117 Å². The molecule has 4 nitrogen and oxygen atoms in total. The van der Waals surface area contributed by atoms with Gasteiger partial charge in [-0.1, -0.05) is 6.07 Å². The van der Waals surface area contributed by atoms with Crippen molar-refractivity contribution in [1.29, 1.82) is 0 Å². The van der Waals surface area contributed by atoms with Crippen LogP contribution in [-0.4, -0.2) is 22.0 Å². The number of aromatic nitrogens is 2. The number of aryl methyl sites for hydroxylation is 1. The summed E-state index contributed by atoms with van der Waals surface area (Å²) in [6, 6.07) is 5.69. The quantitative estimate of drug-likeness (QED) is 0.875. The molecule has 0 aliphatic rings. The normalized spacial score (nSPS) is 12.6. The maximum absolute atomic E-state index is 12.0. The van der Waals surface area contributed by atoms with Crippen molar-refractivity contribution in [3.63, 3.8) is 0 Å². The van der Waals surface area contributed by atoms with Crippen LogP contribution in [0.5, 0.6) is 0 Å². The van der Waals surface area contributed by atoms with Crippen LogP contribution in [0, 0.1) is 6.92 Å². The lowest BCUT2D eigenvalue weighted by molar-refractivity contribution is -0.123. The molecular weight excluding hydrogens is 262 g/mol. The number of nitrogens with one attached hydrogen (secondary N) is 1. The van der Waals surface area contributed by atoms with E-state index in [2.05, 4.69) is 10.3 Å². The third-order valence-corrected chi connectivity index (χ3v) is 3.39. The standard InChI is InChI=1S/C14H18ClN3O/c1-4-16-14(19)10(3)18-12-7-9(2)5-6-11(12)17-13(18)8-15/h5-7,10H,4,8H2,1-3H3,(H,16,19). The van der Waals surface area contributed by atoms with Gasteiger partial charge in [0.2, 0.25) is 5.91 Å². The molecule has 102 valence electrons. The second kappa shape index (κ2) is 5.61. The minimum atomic E-state index is -0.319. The highest BCUT2D eigenvalue weighted by Gasteiger charge is 2.20. The molecule has 1 unspecified atom stereocenters. The SMILES string of the molecule is CCNC(=O)C(C)n1c(CCl)nc2ccc(C)cc21. The molecule has 0 radical (unpaired) electrons. The molecule has 0 fully saturated rings. The fourth-order valence-electron chi connectivity index (χ4n) is 2.22. The summed E-state index contributed by atoms with van der Waals surface area (Å²) in [5.41, 5.74) is 2.96. The summed E-state index contributed by atoms with van der Waals surface area (Å²) in [5, 5.41) is 2.83. The molecule has 0 spiro atoms. The maximum atomic E-state index is 12.0. The lowest BCUT2D eigenvalue weighted by atomic mass is 10.2. The highest BCUT2D eigenvalue weighted by atomic mass is 35.5. The van der Waals surface area contributed by atoms with Crippen LogP contribution in [0.1, 0.15) is 31.3 Å². The van der Waals surface area contributed by atoms with E-state index < -0.39 is 0 Å². The van der Waals surface area contributed by atoms with Gasteiger partial charge in [-0.15, -0.1) is 11.6 Å². The molecule has 0 saturated carbocycles. The van der Waals surface area contributed by atoms with Crippen molar-refractivity contribution in [3.05, 3.63) is 29.6 Å². The molecule has 2 aromatic rings. The number of amides is 1. The Morgan fingerprint density at radius 3 is 2.89 bits per heavy atom. The summed E-state index contributed by atoms with van der Waals surface area (Å²) in [7, 11) is 0. The number of imidazole rings is 1. The van der Waals surface area contributed by atoms with E-state index in [0.29, 0.717) is 6.54 Å². The van der Waals surface area contributed by atoms with Crippen molar-refractivity contribution in [2.45, 2.75) is 32.7 Å². The summed E-state index contributed by atoms with van der Waals surface area (Å²) in [5.74, 6) is 0.994. The van der Waals surface area contributed by atoms with Gasteiger partial charge in [0, 0.05) is 6.54 Å². The zero-order chi connectivity index (χ0) is 14.0. The number of hydrogen-bond acceptors (Lipinski definition) is 2. The van der Waals surface area contributed by atoms with Crippen molar-refractivity contribution in [2.75, 3.05) is 6.54 Å². The van der Waals surface area contributed by atoms with Gasteiger partial charge in [-0.25, -0.2) is 4.98 Å². The first-order valence-electron chi connectivity index (χ1n) is 6.39. The van der Waals surface area contributed by atoms with E-state index in [1.807, 2.05) is 43.5 Å². The number of carbonyl (C=O) groups excluding carboxylic acids is 1. The molecule has 2 rings (SSSR count). The van der Waals surface area contributed by atoms with Crippen LogP contribution in [0.25, 0.3) is 11.0 Å². The van der Waals surface area contributed by atoms with Crippen LogP contribution in [0.4, 0.5) is 0 Å². The minimum Gasteiger partial charge on any atom is -0.355 e. The number of carbonyl (C=O) groups is 1. The second-order valence-electron chi connectivity index (χ2n) is 4.59. The van der Waals surface area contributed by atoms with Gasteiger partial charge in [-0.2, -0.15) is 0 Å². The Bertz CT molecular complexity index is 606. The second-order valence-corrected chi connectivity index (χ2v) is 4.86. The summed E-state index contributed by atoms with van der Waals surface area (Å²) < 4.78 is 1.92. The monoisotopic (exact) mass is 279 g/mol. The number of alkyl halides is 1. The van der Waals surface area contributed by atoms with Gasteiger partial charge in [-0.3, -0.25) is 4.79 Å². The molecule has 1 amide bonds. The maximum Gasteiger partial charge on any atom is 0.242 e. The summed E-state index contributed by atoms with van der Waals surface area (Å²) >= 11 is 5.95. The number of hydrogen-bond donors (Lipinski definition) is 1. The van der Waals surface area contributed by atoms with Crippen molar-refractivity contribution in [1.82, 2.24) is 14.9 Å². The Balaban J connectivity index is 2.56. The summed E-state index contributed by atoms with van der Waals surface area (Å²) in [4.78, 5) is 16.5. The molecule has 5 heteroatoms. The van der Waals surface area contributed by atoms with Gasteiger partial charge in [0.15, 0.2) is 0 Å². The highest BCUT2D eigenvalue weighted by molar-refractivity contribution is 6.17. The minimum absolute atomic E-state index is 0.0188. The van der Waals surface area contributed by atoms with E-state index in [9.17, 15) is 4.79 Å². The van der Waals surface area contributed by atoms with Crippen LogP contribution in [0.2, 0.25) is 0 Å². The van der Waals surface area contributed by atoms with Gasteiger partial charge >= 0.3 is 0 Å². The topological polar surface area (TPSA) is 46.9 Å². The Morgan fingerprint density at radius 1 is 1.53 bits per heavy atom. The van der Waals surface area contributed by atoms with Crippen LogP contribution in [-0.2, 0) is 10.7 Å². The number of benzene rings is 1. The van der Waals surface area contributed by atoms with Crippen molar-refractivity contribution in [2.24, 2.45) is 0 Å². The van der Waals surface area contributed by atoms with E-state index in [1.165, 1.54) is 0 Å². The fraction of sp³-hybridized carbons (Fsp3) is 0.429. The summed E-state index contributed by atoms with van der Waals surface area (Å²) in [6.45, 7) is 6.41. The molecular formula is C14H18ClN3O. The number of halogens is 1. The van der Waals surface area contributed by atoms with Crippen molar-refractivity contribution < 1.29 is 4.79 Å². The lowest BCUT2D eigenvalue weighted by Crippen LogP contribution is -2.31. The van der Waals surface area contributed by atoms with Gasteiger partial charge in [0.05, 0.1) is 16.9 Å². The zero-order valence-corrected chi connectivity index (χ0v) is 12.2. The predicted molar refractivity (Wildman–Crippen MR) is 77.4 cm³/mol. The largest absolute Gasteiger partial charge is 0.355 e. The Kier molecular flexibility index (Phi) is 4.10. The zero-order valence-electron chi connectivity index (χ0n) is 11.4. The van der Waals surface area contributed by atoms with E-state index in [4.69, 9.17) is 11.6 Å². The van der Waals surface area contributed by atoms with Crippen LogP contribution in [0.3, 0.4) is 0 Å². The molecule has 1 N–H and O–H groups in total. The van der Waals surface area contributed by atoms with E-state index in [-0.39, 0.29) is 17.8 Å². The molecule has 0 bridgehead atoms. The smallest absolute Gasteiger partial charge is 0.242 e. The van der Waals surface area contributed by atoms with E-state index in [0.717, 1.165) is 22.4 Å². The first kappa shape index (κ1) is 13.9. The third kappa shape index (κ3) is 2.59. The average Bonchev–Trinajstić information content (AvgIpc) is 2.75. The molecule has 0 aliphatic carbocycles. The van der Waals surface area contributed by atoms with Gasteiger partial charge in [0.1, 0.15) is 11.9 Å². The molecule has 0 saturated heterocycles. The van der Waals surface area contributed by atoms with Crippen LogP contribution < -0.4 is 5.32 Å². The average molecular weight is 280 g/mol. The van der Waals surface area contributed by atoms with E-state index in [1.54, 1.807) is 0 Å². The number of fused-ring (bicyclic) bond motifs is 1. The number of nitrogens with zero attached hydrogens (tertiary/aromatic N) is 2. The number of rotatable bonds is 4. The number of likely N-dealkylation sites (N-methyl/N-ethyl adjacent to an activating group) is 1. The predicted octanol–water partition coefficient (Wildman–Crippen LogP) is 2.78.